The minimum Gasteiger partial charge on any atom is -0.339 e. The number of nitrogens with two attached hydrogens (primary N) is 1. The fourth-order valence-corrected chi connectivity index (χ4v) is 2.75. The van der Waals surface area contributed by atoms with Crippen molar-refractivity contribution in [2.45, 2.75) is 52.0 Å². The van der Waals surface area contributed by atoms with E-state index in [0.29, 0.717) is 12.3 Å². The van der Waals surface area contributed by atoms with Gasteiger partial charge in [-0.15, -0.1) is 0 Å². The molecular weight excluding hydrogens is 260 g/mol. The van der Waals surface area contributed by atoms with Crippen LogP contribution in [-0.4, -0.2) is 24.4 Å². The van der Waals surface area contributed by atoms with Crippen molar-refractivity contribution < 1.29 is 4.79 Å². The molecule has 0 radical (unpaired) electrons. The summed E-state index contributed by atoms with van der Waals surface area (Å²) in [7, 11) is 1.90. The Bertz CT molecular complexity index is 399. The van der Waals surface area contributed by atoms with Crippen LogP contribution in [0.2, 0.25) is 0 Å². The summed E-state index contributed by atoms with van der Waals surface area (Å²) in [6.07, 6.45) is 4.94. The molecule has 0 spiro atoms. The van der Waals surface area contributed by atoms with E-state index < -0.39 is 0 Å². The Kier molecular flexibility index (Phi) is 8.06. The van der Waals surface area contributed by atoms with Crippen LogP contribution in [0.25, 0.3) is 0 Å². The zero-order valence-electron chi connectivity index (χ0n) is 13.7. The van der Waals surface area contributed by atoms with Crippen LogP contribution in [0.4, 0.5) is 0 Å². The molecule has 1 rings (SSSR count). The predicted molar refractivity (Wildman–Crippen MR) is 88.9 cm³/mol. The Labute approximate surface area is 129 Å². The predicted octanol–water partition coefficient (Wildman–Crippen LogP) is 3.75. The molecule has 0 aliphatic carbocycles. The smallest absolute Gasteiger partial charge is 0.222 e. The average molecular weight is 290 g/mol. The number of rotatable bonds is 9. The van der Waals surface area contributed by atoms with Crippen LogP contribution in [0.5, 0.6) is 0 Å². The van der Waals surface area contributed by atoms with Gasteiger partial charge in [0.05, 0.1) is 6.04 Å². The van der Waals surface area contributed by atoms with E-state index in [2.05, 4.69) is 26.0 Å². The molecular formula is C18H30N2O. The molecule has 0 saturated carbocycles. The molecule has 0 saturated heterocycles. The minimum absolute atomic E-state index is 0.123. The Morgan fingerprint density at radius 3 is 2.43 bits per heavy atom. The van der Waals surface area contributed by atoms with Gasteiger partial charge in [-0.3, -0.25) is 4.79 Å². The first-order valence-corrected chi connectivity index (χ1v) is 8.10. The van der Waals surface area contributed by atoms with Gasteiger partial charge in [0.1, 0.15) is 0 Å². The molecule has 2 atom stereocenters. The monoisotopic (exact) mass is 290 g/mol. The Hall–Kier alpha value is -1.35. The topological polar surface area (TPSA) is 46.3 Å². The molecule has 1 amide bonds. The Morgan fingerprint density at radius 1 is 1.19 bits per heavy atom. The van der Waals surface area contributed by atoms with E-state index in [1.807, 2.05) is 30.1 Å². The lowest BCUT2D eigenvalue weighted by Gasteiger charge is -2.26. The molecule has 3 heteroatoms. The van der Waals surface area contributed by atoms with Crippen molar-refractivity contribution in [3.8, 4) is 0 Å². The highest BCUT2D eigenvalue weighted by atomic mass is 16.2. The zero-order valence-corrected chi connectivity index (χ0v) is 13.7. The number of carbonyl (C=O) groups excluding carboxylic acids is 1. The van der Waals surface area contributed by atoms with Gasteiger partial charge in [0.2, 0.25) is 5.91 Å². The van der Waals surface area contributed by atoms with Crippen molar-refractivity contribution >= 4 is 5.91 Å². The standard InChI is InChI=1S/C18H30N2O/c1-4-8-16(13-14-19)11-12-18(21)20(3)15(2)17-9-6-5-7-10-17/h5-7,9-10,15-16H,4,8,11-14,19H2,1-3H3. The summed E-state index contributed by atoms with van der Waals surface area (Å²) < 4.78 is 0. The average Bonchev–Trinajstić information content (AvgIpc) is 2.52. The normalized spacial score (nSPS) is 13.7. The summed E-state index contributed by atoms with van der Waals surface area (Å²) in [5.74, 6) is 0.814. The molecule has 118 valence electrons. The first-order valence-electron chi connectivity index (χ1n) is 8.10. The van der Waals surface area contributed by atoms with Crippen LogP contribution in [0.15, 0.2) is 30.3 Å². The van der Waals surface area contributed by atoms with Gasteiger partial charge in [-0.05, 0) is 37.8 Å². The number of hydrogen-bond acceptors (Lipinski definition) is 2. The van der Waals surface area contributed by atoms with Crippen LogP contribution in [0.1, 0.15) is 57.6 Å². The molecule has 0 aliphatic rings. The first-order chi connectivity index (χ1) is 10.1. The molecule has 0 aromatic heterocycles. The lowest BCUT2D eigenvalue weighted by molar-refractivity contribution is -0.132. The quantitative estimate of drug-likeness (QED) is 0.753. The van der Waals surface area contributed by atoms with Crippen molar-refractivity contribution in [2.24, 2.45) is 11.7 Å². The van der Waals surface area contributed by atoms with Crippen molar-refractivity contribution in [3.63, 3.8) is 0 Å². The van der Waals surface area contributed by atoms with Gasteiger partial charge in [-0.1, -0.05) is 50.1 Å². The SMILES string of the molecule is CCCC(CCN)CCC(=O)N(C)C(C)c1ccccc1. The van der Waals surface area contributed by atoms with E-state index in [9.17, 15) is 4.79 Å². The highest BCUT2D eigenvalue weighted by Crippen LogP contribution is 2.22. The maximum Gasteiger partial charge on any atom is 0.222 e. The van der Waals surface area contributed by atoms with Crippen LogP contribution in [0.3, 0.4) is 0 Å². The molecule has 1 aromatic rings. The van der Waals surface area contributed by atoms with Gasteiger partial charge in [0.15, 0.2) is 0 Å². The van der Waals surface area contributed by atoms with Gasteiger partial charge >= 0.3 is 0 Å². The van der Waals surface area contributed by atoms with E-state index in [-0.39, 0.29) is 11.9 Å². The van der Waals surface area contributed by atoms with Crippen molar-refractivity contribution in [2.75, 3.05) is 13.6 Å². The van der Waals surface area contributed by atoms with Gasteiger partial charge in [0.25, 0.3) is 0 Å². The molecule has 2 unspecified atom stereocenters. The lowest BCUT2D eigenvalue weighted by atomic mass is 9.94. The van der Waals surface area contributed by atoms with Crippen molar-refractivity contribution in [1.82, 2.24) is 4.90 Å². The zero-order chi connectivity index (χ0) is 15.7. The molecule has 0 fully saturated rings. The first kappa shape index (κ1) is 17.7. The van der Waals surface area contributed by atoms with Crippen LogP contribution < -0.4 is 5.73 Å². The van der Waals surface area contributed by atoms with E-state index >= 15 is 0 Å². The summed E-state index contributed by atoms with van der Waals surface area (Å²) in [6, 6.07) is 10.3. The number of nitrogens with zero attached hydrogens (tertiary/aromatic N) is 1. The fraction of sp³-hybridized carbons (Fsp3) is 0.611. The highest BCUT2D eigenvalue weighted by molar-refractivity contribution is 5.76. The van der Waals surface area contributed by atoms with E-state index in [1.165, 1.54) is 12.0 Å². The number of benzene rings is 1. The van der Waals surface area contributed by atoms with Gasteiger partial charge < -0.3 is 10.6 Å². The summed E-state index contributed by atoms with van der Waals surface area (Å²) in [5, 5.41) is 0. The van der Waals surface area contributed by atoms with Crippen LogP contribution >= 0.6 is 0 Å². The van der Waals surface area contributed by atoms with Crippen LogP contribution in [-0.2, 0) is 4.79 Å². The van der Waals surface area contributed by atoms with Crippen molar-refractivity contribution in [1.29, 1.82) is 0 Å². The maximum absolute atomic E-state index is 12.4. The third kappa shape index (κ3) is 5.88. The molecule has 21 heavy (non-hydrogen) atoms. The second kappa shape index (κ2) is 9.56. The summed E-state index contributed by atoms with van der Waals surface area (Å²) in [4.78, 5) is 14.2. The molecule has 3 nitrogen and oxygen atoms in total. The number of hydrogen-bond donors (Lipinski definition) is 1. The second-order valence-corrected chi connectivity index (χ2v) is 5.86. The van der Waals surface area contributed by atoms with Crippen LogP contribution in [0, 0.1) is 5.92 Å². The molecule has 0 bridgehead atoms. The summed E-state index contributed by atoms with van der Waals surface area (Å²) in [5.41, 5.74) is 6.84. The minimum atomic E-state index is 0.123. The number of carbonyl (C=O) groups is 1. The van der Waals surface area contributed by atoms with E-state index in [0.717, 1.165) is 25.8 Å². The Balaban J connectivity index is 2.50. The van der Waals surface area contributed by atoms with Gasteiger partial charge in [-0.25, -0.2) is 0 Å². The summed E-state index contributed by atoms with van der Waals surface area (Å²) in [6.45, 7) is 4.99. The van der Waals surface area contributed by atoms with E-state index in [4.69, 9.17) is 5.73 Å². The molecule has 0 heterocycles. The maximum atomic E-state index is 12.4. The molecule has 2 N–H and O–H groups in total. The van der Waals surface area contributed by atoms with Gasteiger partial charge in [0, 0.05) is 13.5 Å². The highest BCUT2D eigenvalue weighted by Gasteiger charge is 2.18. The summed E-state index contributed by atoms with van der Waals surface area (Å²) >= 11 is 0. The second-order valence-electron chi connectivity index (χ2n) is 5.86. The largest absolute Gasteiger partial charge is 0.339 e. The lowest BCUT2D eigenvalue weighted by Crippen LogP contribution is -2.30. The molecule has 0 aliphatic heterocycles. The third-order valence-electron chi connectivity index (χ3n) is 4.29. The van der Waals surface area contributed by atoms with Gasteiger partial charge in [-0.2, -0.15) is 0 Å². The van der Waals surface area contributed by atoms with Crippen molar-refractivity contribution in [3.05, 3.63) is 35.9 Å². The fourth-order valence-electron chi connectivity index (χ4n) is 2.75. The third-order valence-corrected chi connectivity index (χ3v) is 4.29. The molecule has 1 aromatic carbocycles. The number of amides is 1. The van der Waals surface area contributed by atoms with E-state index in [1.54, 1.807) is 0 Å². The Morgan fingerprint density at radius 2 is 1.86 bits per heavy atom.